The minimum atomic E-state index is -0.845. The molecule has 0 aliphatic carbocycles. The van der Waals surface area contributed by atoms with E-state index in [1.165, 1.54) is 11.1 Å². The maximum Gasteiger partial charge on any atom is 0.137 e. The molecule has 5 rings (SSSR count). The zero-order chi connectivity index (χ0) is 29.5. The fraction of sp³-hybridized carbons (Fsp3) is 0.333. The van der Waals surface area contributed by atoms with Gasteiger partial charge in [0.05, 0.1) is 0 Å². The Bertz CT molecular complexity index is 1440. The molecule has 1 N–H and O–H groups in total. The molecule has 0 saturated heterocycles. The topological polar surface area (TPSA) is 54.4 Å². The van der Waals surface area contributed by atoms with Gasteiger partial charge in [0.25, 0.3) is 0 Å². The van der Waals surface area contributed by atoms with Gasteiger partial charge >= 0.3 is 0 Å². The zero-order valence-electron chi connectivity index (χ0n) is 25.1. The highest BCUT2D eigenvalue weighted by Crippen LogP contribution is 2.41. The lowest BCUT2D eigenvalue weighted by molar-refractivity contribution is -0.00398. The first-order valence-electron chi connectivity index (χ1n) is 14.7. The summed E-state index contributed by atoms with van der Waals surface area (Å²) in [4.78, 5) is 4.18. The highest BCUT2D eigenvalue weighted by Gasteiger charge is 2.29. The van der Waals surface area contributed by atoms with Gasteiger partial charge in [-0.25, -0.2) is 0 Å². The highest BCUT2D eigenvalue weighted by atomic mass is 16.5. The molecule has 0 aromatic heterocycles. The highest BCUT2D eigenvalue weighted by molar-refractivity contribution is 5.49. The van der Waals surface area contributed by atoms with Crippen molar-refractivity contribution < 1.29 is 19.3 Å². The molecular weight excluding hydrogens is 524 g/mol. The van der Waals surface area contributed by atoms with Gasteiger partial charge in [-0.05, 0) is 66.0 Å². The second-order valence-corrected chi connectivity index (χ2v) is 11.5. The number of benzene rings is 4. The van der Waals surface area contributed by atoms with Crippen molar-refractivity contribution in [2.24, 2.45) is 0 Å². The van der Waals surface area contributed by atoms with Crippen LogP contribution in [0.25, 0.3) is 0 Å². The summed E-state index contributed by atoms with van der Waals surface area (Å²) in [6, 6.07) is 30.5. The fourth-order valence-corrected chi connectivity index (χ4v) is 5.17. The van der Waals surface area contributed by atoms with Crippen LogP contribution < -0.4 is 14.2 Å². The lowest BCUT2D eigenvalue weighted by Gasteiger charge is -2.27. The summed E-state index contributed by atoms with van der Waals surface area (Å²) in [6.45, 7) is 7.92. The Morgan fingerprint density at radius 2 is 1.31 bits per heavy atom. The van der Waals surface area contributed by atoms with Crippen LogP contribution in [0.5, 0.6) is 17.2 Å². The molecule has 6 heteroatoms. The summed E-state index contributed by atoms with van der Waals surface area (Å²) >= 11 is 0. The van der Waals surface area contributed by atoms with Crippen molar-refractivity contribution in [3.63, 3.8) is 0 Å². The van der Waals surface area contributed by atoms with Gasteiger partial charge in [0.1, 0.15) is 43.3 Å². The zero-order valence-corrected chi connectivity index (χ0v) is 25.1. The molecule has 0 radical (unpaired) electrons. The van der Waals surface area contributed by atoms with Gasteiger partial charge in [0.2, 0.25) is 0 Å². The van der Waals surface area contributed by atoms with Crippen LogP contribution in [-0.2, 0) is 26.3 Å². The maximum absolute atomic E-state index is 11.8. The van der Waals surface area contributed by atoms with Crippen LogP contribution >= 0.6 is 0 Å². The molecule has 1 atom stereocenters. The normalized spacial score (nSPS) is 13.8. The lowest BCUT2D eigenvalue weighted by Crippen LogP contribution is -2.24. The van der Waals surface area contributed by atoms with Gasteiger partial charge < -0.3 is 24.2 Å². The molecule has 1 heterocycles. The number of hydrogen-bond acceptors (Lipinski definition) is 6. The molecule has 0 spiro atoms. The number of aliphatic hydroxyl groups excluding tert-OH is 1. The molecular formula is C36H42N2O4. The van der Waals surface area contributed by atoms with Gasteiger partial charge in [0.15, 0.2) is 0 Å². The first kappa shape index (κ1) is 29.6. The monoisotopic (exact) mass is 566 g/mol. The van der Waals surface area contributed by atoms with Crippen LogP contribution in [0.2, 0.25) is 0 Å². The van der Waals surface area contributed by atoms with Crippen LogP contribution in [0.15, 0.2) is 91.0 Å². The second kappa shape index (κ2) is 13.9. The fourth-order valence-electron chi connectivity index (χ4n) is 5.17. The van der Waals surface area contributed by atoms with E-state index in [9.17, 15) is 5.11 Å². The Labute approximate surface area is 250 Å². The Morgan fingerprint density at radius 3 is 1.90 bits per heavy atom. The van der Waals surface area contributed by atoms with E-state index < -0.39 is 6.23 Å². The largest absolute Gasteiger partial charge is 0.492 e. The number of ether oxygens (including phenoxy) is 3. The van der Waals surface area contributed by atoms with E-state index in [1.807, 2.05) is 74.8 Å². The summed E-state index contributed by atoms with van der Waals surface area (Å²) in [5.74, 6) is 2.46. The standard InChI is InChI=1S/C36H42N2O4/c1-26(2)32-20-33(36(39)38-22-29-15-16-31(19-30(29)23-38)40-18-17-37(3)4)35(42-25-28-13-9-6-10-14-28)21-34(32)41-24-27-11-7-5-8-12-27/h5-16,19-21,26,36,39H,17-18,22-25H2,1-4H3. The Hall–Kier alpha value is -3.84. The number of fused-ring (bicyclic) bond motifs is 1. The Kier molecular flexibility index (Phi) is 9.80. The minimum absolute atomic E-state index is 0.197. The quantitative estimate of drug-likeness (QED) is 0.190. The van der Waals surface area contributed by atoms with E-state index in [2.05, 4.69) is 54.0 Å². The SMILES string of the molecule is CC(C)c1cc(C(O)N2Cc3ccc(OCCN(C)C)cc3C2)c(OCc2ccccc2)cc1OCc1ccccc1. The summed E-state index contributed by atoms with van der Waals surface area (Å²) in [6.07, 6.45) is -0.845. The van der Waals surface area contributed by atoms with Crippen molar-refractivity contribution in [3.05, 3.63) is 124 Å². The third-order valence-corrected chi connectivity index (χ3v) is 7.59. The van der Waals surface area contributed by atoms with Crippen molar-refractivity contribution in [2.75, 3.05) is 27.2 Å². The molecule has 0 saturated carbocycles. The van der Waals surface area contributed by atoms with E-state index in [4.69, 9.17) is 14.2 Å². The average molecular weight is 567 g/mol. The molecule has 0 fully saturated rings. The van der Waals surface area contributed by atoms with E-state index in [-0.39, 0.29) is 5.92 Å². The molecule has 0 amide bonds. The number of likely N-dealkylation sites (N-methyl/N-ethyl adjacent to an activating group) is 1. The van der Waals surface area contributed by atoms with Crippen molar-refractivity contribution in [1.29, 1.82) is 0 Å². The van der Waals surface area contributed by atoms with E-state index in [0.717, 1.165) is 40.3 Å². The van der Waals surface area contributed by atoms with Crippen molar-refractivity contribution in [3.8, 4) is 17.2 Å². The third-order valence-electron chi connectivity index (χ3n) is 7.59. The van der Waals surface area contributed by atoms with Crippen molar-refractivity contribution in [2.45, 2.75) is 52.3 Å². The van der Waals surface area contributed by atoms with Crippen molar-refractivity contribution in [1.82, 2.24) is 9.80 Å². The first-order chi connectivity index (χ1) is 20.4. The molecule has 220 valence electrons. The molecule has 1 aliphatic heterocycles. The van der Waals surface area contributed by atoms with Gasteiger partial charge in [-0.3, -0.25) is 4.90 Å². The van der Waals surface area contributed by atoms with Gasteiger partial charge in [-0.1, -0.05) is 80.6 Å². The van der Waals surface area contributed by atoms with E-state index in [1.54, 1.807) is 0 Å². The summed E-state index contributed by atoms with van der Waals surface area (Å²) in [7, 11) is 4.07. The van der Waals surface area contributed by atoms with E-state index >= 15 is 0 Å². The van der Waals surface area contributed by atoms with Gasteiger partial charge in [-0.15, -0.1) is 0 Å². The third kappa shape index (κ3) is 7.51. The van der Waals surface area contributed by atoms with Gasteiger partial charge in [0, 0.05) is 31.3 Å². The van der Waals surface area contributed by atoms with E-state index in [0.29, 0.717) is 38.7 Å². The van der Waals surface area contributed by atoms with Crippen LogP contribution in [0.3, 0.4) is 0 Å². The van der Waals surface area contributed by atoms with Crippen LogP contribution in [-0.4, -0.2) is 42.2 Å². The number of rotatable bonds is 13. The van der Waals surface area contributed by atoms with Crippen LogP contribution in [0.1, 0.15) is 59.4 Å². The summed E-state index contributed by atoms with van der Waals surface area (Å²) in [5.41, 5.74) is 6.33. The van der Waals surface area contributed by atoms with Crippen LogP contribution in [0.4, 0.5) is 0 Å². The average Bonchev–Trinajstić information content (AvgIpc) is 3.43. The summed E-state index contributed by atoms with van der Waals surface area (Å²) in [5, 5.41) is 11.8. The molecule has 0 bridgehead atoms. The molecule has 4 aromatic carbocycles. The molecule has 42 heavy (non-hydrogen) atoms. The maximum atomic E-state index is 11.8. The first-order valence-corrected chi connectivity index (χ1v) is 14.7. The number of nitrogens with zero attached hydrogens (tertiary/aromatic N) is 2. The molecule has 1 aliphatic rings. The molecule has 6 nitrogen and oxygen atoms in total. The minimum Gasteiger partial charge on any atom is -0.492 e. The smallest absolute Gasteiger partial charge is 0.137 e. The predicted molar refractivity (Wildman–Crippen MR) is 167 cm³/mol. The predicted octanol–water partition coefficient (Wildman–Crippen LogP) is 6.92. The number of aliphatic hydroxyl groups is 1. The Balaban J connectivity index is 1.40. The molecule has 1 unspecified atom stereocenters. The second-order valence-electron chi connectivity index (χ2n) is 11.5. The van der Waals surface area contributed by atoms with Gasteiger partial charge in [-0.2, -0.15) is 0 Å². The molecule has 4 aromatic rings. The van der Waals surface area contributed by atoms with Crippen molar-refractivity contribution >= 4 is 0 Å². The lowest BCUT2D eigenvalue weighted by atomic mass is 9.97. The Morgan fingerprint density at radius 1 is 0.714 bits per heavy atom. The van der Waals surface area contributed by atoms with Crippen LogP contribution in [0, 0.1) is 0 Å². The number of hydrogen-bond donors (Lipinski definition) is 1. The summed E-state index contributed by atoms with van der Waals surface area (Å²) < 4.78 is 18.7.